The molecule has 1 aromatic carbocycles. The van der Waals surface area contributed by atoms with Crippen molar-refractivity contribution in [2.75, 3.05) is 30.7 Å². The maximum atomic E-state index is 12.1. The van der Waals surface area contributed by atoms with Gasteiger partial charge in [-0.15, -0.1) is 11.8 Å². The van der Waals surface area contributed by atoms with Crippen LogP contribution in [0.1, 0.15) is 26.3 Å². The molecule has 0 bridgehead atoms. The number of rotatable bonds is 8. The molecule has 0 atom stereocenters. The summed E-state index contributed by atoms with van der Waals surface area (Å²) >= 11 is 6.85. The molecule has 0 spiro atoms. The molecule has 0 unspecified atom stereocenters. The molecule has 1 aromatic rings. The summed E-state index contributed by atoms with van der Waals surface area (Å²) in [5, 5.41) is 3.17. The first-order chi connectivity index (χ1) is 10.0. The summed E-state index contributed by atoms with van der Waals surface area (Å²) < 4.78 is 0. The van der Waals surface area contributed by atoms with Gasteiger partial charge in [0.2, 0.25) is 5.91 Å². The van der Waals surface area contributed by atoms with Gasteiger partial charge in [0.05, 0.1) is 6.54 Å². The zero-order valence-corrected chi connectivity index (χ0v) is 14.4. The normalized spacial score (nSPS) is 10.2. The minimum atomic E-state index is 0.0717. The summed E-state index contributed by atoms with van der Waals surface area (Å²) in [5.41, 5.74) is 7.49. The van der Waals surface area contributed by atoms with E-state index in [4.69, 9.17) is 18.0 Å². The minimum Gasteiger partial charge on any atom is -0.389 e. The van der Waals surface area contributed by atoms with Crippen LogP contribution in [0, 0.1) is 0 Å². The van der Waals surface area contributed by atoms with Crippen LogP contribution in [0.4, 0.5) is 5.69 Å². The summed E-state index contributed by atoms with van der Waals surface area (Å²) in [6.07, 6.45) is 0. The number of benzene rings is 1. The van der Waals surface area contributed by atoms with Gasteiger partial charge >= 0.3 is 0 Å². The van der Waals surface area contributed by atoms with Gasteiger partial charge < -0.3 is 16.0 Å². The third-order valence-electron chi connectivity index (χ3n) is 3.12. The predicted molar refractivity (Wildman–Crippen MR) is 95.1 cm³/mol. The molecular weight excluding hydrogens is 302 g/mol. The Morgan fingerprint density at radius 1 is 1.33 bits per heavy atom. The van der Waals surface area contributed by atoms with E-state index < -0.39 is 0 Å². The van der Waals surface area contributed by atoms with Crippen molar-refractivity contribution in [1.29, 1.82) is 0 Å². The molecule has 0 radical (unpaired) electrons. The average Bonchev–Trinajstić information content (AvgIpc) is 2.46. The average molecular weight is 326 g/mol. The zero-order chi connectivity index (χ0) is 15.8. The van der Waals surface area contributed by atoms with Gasteiger partial charge in [-0.3, -0.25) is 4.79 Å². The number of thioether (sulfide) groups is 1. The maximum Gasteiger partial charge on any atom is 0.241 e. The second kappa shape index (κ2) is 8.89. The topological polar surface area (TPSA) is 58.4 Å². The zero-order valence-electron chi connectivity index (χ0n) is 12.8. The summed E-state index contributed by atoms with van der Waals surface area (Å²) in [6, 6.07) is 5.85. The number of thiocarbonyl (C=S) groups is 1. The molecule has 0 aliphatic heterocycles. The van der Waals surface area contributed by atoms with Crippen molar-refractivity contribution in [2.24, 2.45) is 5.73 Å². The van der Waals surface area contributed by atoms with E-state index in [1.807, 2.05) is 32.0 Å². The molecule has 0 aliphatic rings. The lowest BCUT2D eigenvalue weighted by atomic mass is 10.1. The van der Waals surface area contributed by atoms with Gasteiger partial charge in [0.25, 0.3) is 0 Å². The fraction of sp³-hybridized carbons (Fsp3) is 0.467. The Kier molecular flexibility index (Phi) is 7.53. The van der Waals surface area contributed by atoms with Crippen molar-refractivity contribution >= 4 is 40.6 Å². The Labute approximate surface area is 136 Å². The number of hydrogen-bond acceptors (Lipinski definition) is 4. The largest absolute Gasteiger partial charge is 0.389 e. The first-order valence-electron chi connectivity index (χ1n) is 7.12. The molecule has 116 valence electrons. The molecule has 0 heterocycles. The van der Waals surface area contributed by atoms with Gasteiger partial charge in [-0.1, -0.05) is 25.2 Å². The van der Waals surface area contributed by atoms with Gasteiger partial charge in [0.15, 0.2) is 0 Å². The van der Waals surface area contributed by atoms with Crippen molar-refractivity contribution < 1.29 is 4.79 Å². The second-order valence-corrected chi connectivity index (χ2v) is 6.14. The van der Waals surface area contributed by atoms with Gasteiger partial charge in [-0.2, -0.15) is 0 Å². The molecule has 0 aliphatic carbocycles. The molecule has 0 saturated heterocycles. The molecule has 6 heteroatoms. The molecule has 3 N–H and O–H groups in total. The van der Waals surface area contributed by atoms with Gasteiger partial charge in [0.1, 0.15) is 4.99 Å². The number of anilines is 1. The Balaban J connectivity index is 2.90. The molecule has 0 aromatic heterocycles. The van der Waals surface area contributed by atoms with E-state index in [1.54, 1.807) is 16.7 Å². The highest BCUT2D eigenvalue weighted by molar-refractivity contribution is 7.99. The van der Waals surface area contributed by atoms with E-state index in [-0.39, 0.29) is 12.5 Å². The standard InChI is InChI=1S/C15H23N3OS2/c1-4-18(5-2)13(19)10-17-11-8-7-9-12(21-6-3)14(11)15(16)20/h7-9,17H,4-6,10H2,1-3H3,(H2,16,20). The fourth-order valence-electron chi connectivity index (χ4n) is 2.07. The van der Waals surface area contributed by atoms with Crippen LogP contribution in [0.2, 0.25) is 0 Å². The third kappa shape index (κ3) is 4.89. The van der Waals surface area contributed by atoms with Crippen molar-refractivity contribution in [3.8, 4) is 0 Å². The first kappa shape index (κ1) is 17.8. The number of amides is 1. The van der Waals surface area contributed by atoms with Crippen LogP contribution in [-0.2, 0) is 4.79 Å². The number of carbonyl (C=O) groups excluding carboxylic acids is 1. The summed E-state index contributed by atoms with van der Waals surface area (Å²) in [7, 11) is 0. The van der Waals surface area contributed by atoms with E-state index in [9.17, 15) is 4.79 Å². The number of carbonyl (C=O) groups is 1. The van der Waals surface area contributed by atoms with Crippen LogP contribution in [0.25, 0.3) is 0 Å². The monoisotopic (exact) mass is 325 g/mol. The van der Waals surface area contributed by atoms with Crippen molar-refractivity contribution in [2.45, 2.75) is 25.7 Å². The Morgan fingerprint density at radius 2 is 2.00 bits per heavy atom. The van der Waals surface area contributed by atoms with Crippen LogP contribution < -0.4 is 11.1 Å². The van der Waals surface area contributed by atoms with E-state index in [1.165, 1.54) is 0 Å². The Bertz CT molecular complexity index is 502. The number of nitrogens with one attached hydrogen (secondary N) is 1. The molecule has 0 saturated carbocycles. The van der Waals surface area contributed by atoms with Crippen LogP contribution in [0.3, 0.4) is 0 Å². The number of nitrogens with two attached hydrogens (primary N) is 1. The van der Waals surface area contributed by atoms with E-state index in [2.05, 4.69) is 12.2 Å². The molecule has 4 nitrogen and oxygen atoms in total. The lowest BCUT2D eigenvalue weighted by Gasteiger charge is -2.20. The molecule has 21 heavy (non-hydrogen) atoms. The van der Waals surface area contributed by atoms with Crippen molar-refractivity contribution in [1.82, 2.24) is 4.90 Å². The molecule has 1 amide bonds. The van der Waals surface area contributed by atoms with Crippen LogP contribution in [0.5, 0.6) is 0 Å². The SMILES string of the molecule is CCSc1cccc(NCC(=O)N(CC)CC)c1C(N)=S. The lowest BCUT2D eigenvalue weighted by Crippen LogP contribution is -2.35. The van der Waals surface area contributed by atoms with Crippen molar-refractivity contribution in [3.05, 3.63) is 23.8 Å². The third-order valence-corrected chi connectivity index (χ3v) is 4.26. The van der Waals surface area contributed by atoms with Crippen LogP contribution >= 0.6 is 24.0 Å². The van der Waals surface area contributed by atoms with E-state index in [0.29, 0.717) is 18.1 Å². The highest BCUT2D eigenvalue weighted by atomic mass is 32.2. The minimum absolute atomic E-state index is 0.0717. The van der Waals surface area contributed by atoms with E-state index in [0.717, 1.165) is 21.9 Å². The number of nitrogens with zero attached hydrogens (tertiary/aromatic N) is 1. The fourth-order valence-corrected chi connectivity index (χ4v) is 3.20. The van der Waals surface area contributed by atoms with Crippen LogP contribution in [-0.4, -0.2) is 41.2 Å². The first-order valence-corrected chi connectivity index (χ1v) is 8.51. The Hall–Kier alpha value is -1.27. The smallest absolute Gasteiger partial charge is 0.241 e. The molecular formula is C15H23N3OS2. The van der Waals surface area contributed by atoms with Crippen LogP contribution in [0.15, 0.2) is 23.1 Å². The van der Waals surface area contributed by atoms with E-state index >= 15 is 0 Å². The second-order valence-electron chi connectivity index (χ2n) is 4.40. The summed E-state index contributed by atoms with van der Waals surface area (Å²) in [5.74, 6) is 1.01. The number of hydrogen-bond donors (Lipinski definition) is 2. The summed E-state index contributed by atoms with van der Waals surface area (Å²) in [6.45, 7) is 7.70. The highest BCUT2D eigenvalue weighted by Gasteiger charge is 2.14. The quantitative estimate of drug-likeness (QED) is 0.568. The predicted octanol–water partition coefficient (Wildman–Crippen LogP) is 2.71. The van der Waals surface area contributed by atoms with Gasteiger partial charge in [-0.25, -0.2) is 0 Å². The lowest BCUT2D eigenvalue weighted by molar-refractivity contribution is -0.128. The maximum absolute atomic E-state index is 12.1. The number of likely N-dealkylation sites (N-methyl/N-ethyl adjacent to an activating group) is 1. The Morgan fingerprint density at radius 3 is 2.52 bits per heavy atom. The van der Waals surface area contributed by atoms with Crippen molar-refractivity contribution in [3.63, 3.8) is 0 Å². The van der Waals surface area contributed by atoms with Gasteiger partial charge in [0, 0.05) is 29.2 Å². The van der Waals surface area contributed by atoms with Gasteiger partial charge in [-0.05, 0) is 31.7 Å². The summed E-state index contributed by atoms with van der Waals surface area (Å²) in [4.78, 5) is 15.3. The molecule has 0 fully saturated rings. The molecule has 1 rings (SSSR count). The highest BCUT2D eigenvalue weighted by Crippen LogP contribution is 2.28.